The number of aliphatic carboxylic acids is 1. The van der Waals surface area contributed by atoms with Gasteiger partial charge in [0.15, 0.2) is 0 Å². The number of carboxylic acids is 1. The summed E-state index contributed by atoms with van der Waals surface area (Å²) in [6.07, 6.45) is 13.8. The molecule has 0 saturated heterocycles. The van der Waals surface area contributed by atoms with Gasteiger partial charge in [-0.3, -0.25) is 4.79 Å². The van der Waals surface area contributed by atoms with E-state index >= 15 is 0 Å². The molecular weight excluding hydrogens is 416 g/mol. The molecule has 0 aliphatic carbocycles. The minimum absolute atomic E-state index is 0.345. The number of carboxylic acid groups (broad SMARTS) is 1. The molecule has 8 nitrogen and oxygen atoms in total. The molecule has 0 aromatic carbocycles. The average molecular weight is 467 g/mol. The molecular formula is C24H50O8. The van der Waals surface area contributed by atoms with Gasteiger partial charge in [0.2, 0.25) is 0 Å². The van der Waals surface area contributed by atoms with Crippen molar-refractivity contribution in [1.29, 1.82) is 0 Å². The van der Waals surface area contributed by atoms with E-state index in [9.17, 15) is 4.79 Å². The number of unbranched alkanes of at least 4 members (excludes halogenated alkanes) is 14. The molecule has 0 aliphatic rings. The third kappa shape index (κ3) is 22.4. The summed E-state index contributed by atoms with van der Waals surface area (Å²) in [4.78, 5) is 10.3. The van der Waals surface area contributed by atoms with E-state index in [2.05, 4.69) is 6.92 Å². The van der Waals surface area contributed by atoms with Gasteiger partial charge in [-0.05, 0) is 6.42 Å². The quantitative estimate of drug-likeness (QED) is 0.127. The molecule has 0 aromatic rings. The van der Waals surface area contributed by atoms with Crippen LogP contribution >= 0.6 is 0 Å². The molecule has 0 aliphatic heterocycles. The van der Waals surface area contributed by atoms with Crippen LogP contribution in [0.4, 0.5) is 0 Å². The van der Waals surface area contributed by atoms with Crippen molar-refractivity contribution in [3.05, 3.63) is 0 Å². The second-order valence-electron chi connectivity index (χ2n) is 8.57. The summed E-state index contributed by atoms with van der Waals surface area (Å²) in [5.41, 5.74) is 0. The van der Waals surface area contributed by atoms with Gasteiger partial charge >= 0.3 is 5.97 Å². The van der Waals surface area contributed by atoms with Crippen molar-refractivity contribution in [2.24, 2.45) is 0 Å². The maximum atomic E-state index is 10.3. The normalized spacial score (nSPS) is 14.8. The lowest BCUT2D eigenvalue weighted by Gasteiger charge is -2.24. The lowest BCUT2D eigenvalue weighted by molar-refractivity contribution is -0.137. The third-order valence-corrected chi connectivity index (χ3v) is 5.51. The monoisotopic (exact) mass is 466 g/mol. The van der Waals surface area contributed by atoms with Crippen molar-refractivity contribution in [3.8, 4) is 0 Å². The van der Waals surface area contributed by atoms with Crippen LogP contribution < -0.4 is 0 Å². The SMILES string of the molecule is CCCCCCCCCCCCCCCCCC(=O)O.OCC(O)C(O)C(O)C(O)CO. The molecule has 0 bridgehead atoms. The largest absolute Gasteiger partial charge is 0.481 e. The summed E-state index contributed by atoms with van der Waals surface area (Å²) in [7, 11) is 0. The second kappa shape index (κ2) is 24.9. The first-order valence-corrected chi connectivity index (χ1v) is 12.5. The van der Waals surface area contributed by atoms with Crippen LogP contribution in [0.2, 0.25) is 0 Å². The van der Waals surface area contributed by atoms with E-state index in [1.54, 1.807) is 0 Å². The number of rotatable bonds is 21. The van der Waals surface area contributed by atoms with Crippen molar-refractivity contribution in [1.82, 2.24) is 0 Å². The first-order chi connectivity index (χ1) is 15.3. The van der Waals surface area contributed by atoms with E-state index in [0.717, 1.165) is 12.8 Å². The Labute approximate surface area is 194 Å². The molecule has 0 fully saturated rings. The molecule has 4 unspecified atom stereocenters. The molecule has 0 radical (unpaired) electrons. The first kappa shape index (κ1) is 33.4. The fourth-order valence-corrected chi connectivity index (χ4v) is 3.32. The summed E-state index contributed by atoms with van der Waals surface area (Å²) in [6.45, 7) is 0.818. The zero-order valence-electron chi connectivity index (χ0n) is 20.1. The Balaban J connectivity index is 0. The van der Waals surface area contributed by atoms with Gasteiger partial charge in [-0.15, -0.1) is 0 Å². The minimum Gasteiger partial charge on any atom is -0.481 e. The molecule has 4 atom stereocenters. The maximum Gasteiger partial charge on any atom is 0.303 e. The van der Waals surface area contributed by atoms with Gasteiger partial charge < -0.3 is 35.7 Å². The van der Waals surface area contributed by atoms with Crippen LogP contribution in [-0.4, -0.2) is 79.3 Å². The molecule has 0 aromatic heterocycles. The summed E-state index contributed by atoms with van der Waals surface area (Å²) in [6, 6.07) is 0. The van der Waals surface area contributed by atoms with Gasteiger partial charge in [-0.2, -0.15) is 0 Å². The highest BCUT2D eigenvalue weighted by Crippen LogP contribution is 2.13. The lowest BCUT2D eigenvalue weighted by Crippen LogP contribution is -2.46. The molecule has 7 N–H and O–H groups in total. The van der Waals surface area contributed by atoms with E-state index in [1.807, 2.05) is 0 Å². The van der Waals surface area contributed by atoms with Crippen LogP contribution in [0.3, 0.4) is 0 Å². The topological polar surface area (TPSA) is 159 Å². The molecule has 32 heavy (non-hydrogen) atoms. The van der Waals surface area contributed by atoms with E-state index in [1.165, 1.54) is 83.5 Å². The Morgan fingerprint density at radius 3 is 1.09 bits per heavy atom. The highest BCUT2D eigenvalue weighted by atomic mass is 16.4. The van der Waals surface area contributed by atoms with Crippen molar-refractivity contribution in [2.45, 2.75) is 134 Å². The van der Waals surface area contributed by atoms with Crippen molar-refractivity contribution in [2.75, 3.05) is 13.2 Å². The predicted octanol–water partition coefficient (Wildman–Crippen LogP) is 2.75. The van der Waals surface area contributed by atoms with E-state index in [0.29, 0.717) is 6.42 Å². The third-order valence-electron chi connectivity index (χ3n) is 5.51. The van der Waals surface area contributed by atoms with E-state index < -0.39 is 43.6 Å². The zero-order chi connectivity index (χ0) is 24.6. The molecule has 0 rings (SSSR count). The Morgan fingerprint density at radius 2 is 0.844 bits per heavy atom. The van der Waals surface area contributed by atoms with Gasteiger partial charge in [0.25, 0.3) is 0 Å². The van der Waals surface area contributed by atoms with Crippen LogP contribution in [0.1, 0.15) is 110 Å². The van der Waals surface area contributed by atoms with Crippen LogP contribution in [0, 0.1) is 0 Å². The lowest BCUT2D eigenvalue weighted by atomic mass is 10.0. The first-order valence-electron chi connectivity index (χ1n) is 12.5. The number of hydrogen-bond donors (Lipinski definition) is 7. The van der Waals surface area contributed by atoms with Crippen LogP contribution in [-0.2, 0) is 4.79 Å². The molecule has 0 spiro atoms. The van der Waals surface area contributed by atoms with Crippen LogP contribution in [0.5, 0.6) is 0 Å². The predicted molar refractivity (Wildman–Crippen MR) is 125 cm³/mol. The van der Waals surface area contributed by atoms with Crippen LogP contribution in [0.25, 0.3) is 0 Å². The molecule has 0 heterocycles. The minimum atomic E-state index is -1.67. The van der Waals surface area contributed by atoms with Gasteiger partial charge in [0.1, 0.15) is 24.4 Å². The fourth-order valence-electron chi connectivity index (χ4n) is 3.32. The molecule has 0 saturated carbocycles. The van der Waals surface area contributed by atoms with E-state index in [-0.39, 0.29) is 0 Å². The Kier molecular flexibility index (Phi) is 26.0. The summed E-state index contributed by atoms with van der Waals surface area (Å²) in [5, 5.41) is 60.7. The highest BCUT2D eigenvalue weighted by Gasteiger charge is 2.29. The smallest absolute Gasteiger partial charge is 0.303 e. The molecule has 8 heteroatoms. The van der Waals surface area contributed by atoms with Crippen LogP contribution in [0.15, 0.2) is 0 Å². The fraction of sp³-hybridized carbons (Fsp3) is 0.958. The van der Waals surface area contributed by atoms with Gasteiger partial charge in [0.05, 0.1) is 13.2 Å². The standard InChI is InChI=1S/C18H36O2.C6H14O6/c1-2-3-4-5-6-7-8-9-10-11-12-13-14-15-16-17-18(19)20;7-1-3(9)5(11)6(12)4(10)2-8/h2-17H2,1H3,(H,19,20);3-12H,1-2H2. The maximum absolute atomic E-state index is 10.3. The highest BCUT2D eigenvalue weighted by molar-refractivity contribution is 5.66. The van der Waals surface area contributed by atoms with Gasteiger partial charge in [-0.25, -0.2) is 0 Å². The summed E-state index contributed by atoms with van der Waals surface area (Å²) < 4.78 is 0. The van der Waals surface area contributed by atoms with Crippen molar-refractivity contribution in [3.63, 3.8) is 0 Å². The number of carbonyl (C=O) groups is 1. The number of hydrogen-bond acceptors (Lipinski definition) is 7. The average Bonchev–Trinajstić information content (AvgIpc) is 2.79. The van der Waals surface area contributed by atoms with Crippen molar-refractivity contribution < 1.29 is 40.5 Å². The Bertz CT molecular complexity index is 380. The Hall–Kier alpha value is -0.770. The number of aliphatic hydroxyl groups excluding tert-OH is 6. The molecule has 0 amide bonds. The molecule has 194 valence electrons. The van der Waals surface area contributed by atoms with E-state index in [4.69, 9.17) is 35.7 Å². The number of aliphatic hydroxyl groups is 6. The van der Waals surface area contributed by atoms with Gasteiger partial charge in [0, 0.05) is 6.42 Å². The van der Waals surface area contributed by atoms with Gasteiger partial charge in [-0.1, -0.05) is 96.8 Å². The summed E-state index contributed by atoms with van der Waals surface area (Å²) >= 11 is 0. The zero-order valence-corrected chi connectivity index (χ0v) is 20.1. The Morgan fingerprint density at radius 1 is 0.562 bits per heavy atom. The van der Waals surface area contributed by atoms with Crippen molar-refractivity contribution >= 4 is 5.97 Å². The second-order valence-corrected chi connectivity index (χ2v) is 8.57. The summed E-state index contributed by atoms with van der Waals surface area (Å²) in [5.74, 6) is -0.653.